The Morgan fingerprint density at radius 2 is 1.43 bits per heavy atom. The van der Waals surface area contributed by atoms with E-state index in [1.807, 2.05) is 0 Å². The van der Waals surface area contributed by atoms with E-state index in [0.717, 1.165) is 0 Å². The van der Waals surface area contributed by atoms with Crippen molar-refractivity contribution in [3.8, 4) is 5.75 Å². The summed E-state index contributed by atoms with van der Waals surface area (Å²) in [7, 11) is 1.56. The lowest BCUT2D eigenvalue weighted by Gasteiger charge is -2.07. The monoisotopic (exact) mass is 286 g/mol. The van der Waals surface area contributed by atoms with Crippen LogP contribution in [0.5, 0.6) is 5.75 Å². The zero-order valence-electron chi connectivity index (χ0n) is 11.3. The van der Waals surface area contributed by atoms with Crippen molar-refractivity contribution in [2.45, 2.75) is 0 Å². The first-order chi connectivity index (χ1) is 10.1. The first kappa shape index (κ1) is 14.4. The average Bonchev–Trinajstić information content (AvgIpc) is 2.49. The summed E-state index contributed by atoms with van der Waals surface area (Å²) in [6.45, 7) is 0. The summed E-state index contributed by atoms with van der Waals surface area (Å²) in [4.78, 5) is 22.5. The summed E-state index contributed by atoms with van der Waals surface area (Å²) in [5.41, 5.74) is 1.51. The number of benzene rings is 2. The van der Waals surface area contributed by atoms with Gasteiger partial charge in [0.1, 0.15) is 5.75 Å². The van der Waals surface area contributed by atoms with Gasteiger partial charge in [-0.3, -0.25) is 10.1 Å². The molecule has 0 aliphatic heterocycles. The van der Waals surface area contributed by atoms with E-state index in [1.54, 1.807) is 55.6 Å². The highest BCUT2D eigenvalue weighted by atomic mass is 16.5. The van der Waals surface area contributed by atoms with Gasteiger partial charge in [0.2, 0.25) is 0 Å². The van der Waals surface area contributed by atoms with Gasteiger partial charge in [0.05, 0.1) is 7.11 Å². The lowest BCUT2D eigenvalue weighted by atomic mass is 10.2. The van der Waals surface area contributed by atoms with Crippen molar-refractivity contribution in [2.24, 2.45) is 0 Å². The molecule has 0 heterocycles. The molecule has 0 fully saturated rings. The molecule has 0 unspecified atom stereocenters. The number of nitrogens with one attached hydrogen (secondary N) is 2. The third kappa shape index (κ3) is 3.97. The highest BCUT2D eigenvalue weighted by Crippen LogP contribution is 2.16. The molecule has 2 rings (SSSR count). The third-order valence-corrected chi connectivity index (χ3v) is 2.75. The molecule has 0 aromatic heterocycles. The molecule has 0 aliphatic carbocycles. The quantitative estimate of drug-likeness (QED) is 0.806. The molecule has 0 spiro atoms. The Balaban J connectivity index is 2.03. The maximum absolute atomic E-state index is 12.0. The fourth-order valence-electron chi connectivity index (χ4n) is 1.71. The topological polar surface area (TPSA) is 87.7 Å². The van der Waals surface area contributed by atoms with Gasteiger partial charge in [0.25, 0.3) is 5.91 Å². The molecule has 21 heavy (non-hydrogen) atoms. The second kappa shape index (κ2) is 6.42. The van der Waals surface area contributed by atoms with E-state index in [0.29, 0.717) is 22.7 Å². The number of hydrogen-bond acceptors (Lipinski definition) is 3. The molecular weight excluding hydrogens is 272 g/mol. The van der Waals surface area contributed by atoms with Crippen LogP contribution in [0.15, 0.2) is 48.5 Å². The Bertz CT molecular complexity index is 636. The van der Waals surface area contributed by atoms with Crippen LogP contribution in [0, 0.1) is 0 Å². The molecule has 2 aromatic carbocycles. The number of carboxylic acid groups (broad SMARTS) is 1. The molecule has 6 heteroatoms. The maximum Gasteiger partial charge on any atom is 0.409 e. The lowest BCUT2D eigenvalue weighted by molar-refractivity contribution is 0.102. The van der Waals surface area contributed by atoms with Crippen LogP contribution in [0.1, 0.15) is 10.4 Å². The molecule has 0 saturated heterocycles. The number of rotatable bonds is 4. The molecule has 6 nitrogen and oxygen atoms in total. The Hall–Kier alpha value is -3.02. The van der Waals surface area contributed by atoms with Crippen LogP contribution in [0.4, 0.5) is 16.2 Å². The Morgan fingerprint density at radius 3 is 1.90 bits per heavy atom. The van der Waals surface area contributed by atoms with Crippen LogP contribution >= 0.6 is 0 Å². The molecule has 0 atom stereocenters. The first-order valence-electron chi connectivity index (χ1n) is 6.14. The van der Waals surface area contributed by atoms with Crippen LogP contribution in [-0.4, -0.2) is 24.2 Å². The van der Waals surface area contributed by atoms with Gasteiger partial charge in [0.15, 0.2) is 0 Å². The highest BCUT2D eigenvalue weighted by Gasteiger charge is 2.06. The number of anilines is 2. The van der Waals surface area contributed by atoms with E-state index in [4.69, 9.17) is 9.84 Å². The largest absolute Gasteiger partial charge is 0.497 e. The van der Waals surface area contributed by atoms with E-state index in [2.05, 4.69) is 10.6 Å². The molecule has 0 saturated carbocycles. The zero-order chi connectivity index (χ0) is 15.2. The summed E-state index contributed by atoms with van der Waals surface area (Å²) < 4.78 is 5.03. The minimum atomic E-state index is -1.13. The Labute approximate surface area is 121 Å². The van der Waals surface area contributed by atoms with Crippen LogP contribution < -0.4 is 15.4 Å². The Kier molecular flexibility index (Phi) is 4.40. The van der Waals surface area contributed by atoms with Crippen LogP contribution in [0.3, 0.4) is 0 Å². The zero-order valence-corrected chi connectivity index (χ0v) is 11.3. The van der Waals surface area contributed by atoms with Gasteiger partial charge >= 0.3 is 6.09 Å². The van der Waals surface area contributed by atoms with Gasteiger partial charge in [-0.2, -0.15) is 0 Å². The van der Waals surface area contributed by atoms with Crippen molar-refractivity contribution in [3.63, 3.8) is 0 Å². The predicted octanol–water partition coefficient (Wildman–Crippen LogP) is 3.04. The number of carbonyl (C=O) groups is 2. The predicted molar refractivity (Wildman–Crippen MR) is 79.0 cm³/mol. The number of amides is 2. The molecule has 0 aliphatic rings. The van der Waals surface area contributed by atoms with E-state index in [1.165, 1.54) is 0 Å². The van der Waals surface area contributed by atoms with Gasteiger partial charge in [-0.15, -0.1) is 0 Å². The summed E-state index contributed by atoms with van der Waals surface area (Å²) in [6.07, 6.45) is -1.13. The van der Waals surface area contributed by atoms with E-state index >= 15 is 0 Å². The van der Waals surface area contributed by atoms with Crippen molar-refractivity contribution in [2.75, 3.05) is 17.7 Å². The molecule has 2 amide bonds. The first-order valence-corrected chi connectivity index (χ1v) is 6.14. The average molecular weight is 286 g/mol. The van der Waals surface area contributed by atoms with Crippen molar-refractivity contribution in [1.29, 1.82) is 0 Å². The number of ether oxygens (including phenoxy) is 1. The summed E-state index contributed by atoms with van der Waals surface area (Å²) >= 11 is 0. The second-order valence-electron chi connectivity index (χ2n) is 4.19. The minimum Gasteiger partial charge on any atom is -0.497 e. The van der Waals surface area contributed by atoms with E-state index in [-0.39, 0.29) is 5.91 Å². The van der Waals surface area contributed by atoms with E-state index < -0.39 is 6.09 Å². The molecule has 2 aromatic rings. The molecule has 0 radical (unpaired) electrons. The van der Waals surface area contributed by atoms with Gasteiger partial charge in [-0.25, -0.2) is 4.79 Å². The molecule has 0 bridgehead atoms. The maximum atomic E-state index is 12.0. The third-order valence-electron chi connectivity index (χ3n) is 2.75. The van der Waals surface area contributed by atoms with Crippen LogP contribution in [0.2, 0.25) is 0 Å². The van der Waals surface area contributed by atoms with Gasteiger partial charge in [-0.05, 0) is 48.5 Å². The van der Waals surface area contributed by atoms with Crippen LogP contribution in [-0.2, 0) is 0 Å². The summed E-state index contributed by atoms with van der Waals surface area (Å²) in [5, 5.41) is 13.5. The SMILES string of the molecule is COc1ccc(C(=O)Nc2ccc(NC(=O)O)cc2)cc1. The number of methoxy groups -OCH3 is 1. The summed E-state index contributed by atoms with van der Waals surface area (Å²) in [6, 6.07) is 13.1. The number of carbonyl (C=O) groups excluding carboxylic acids is 1. The molecule has 3 N–H and O–H groups in total. The van der Waals surface area contributed by atoms with Crippen molar-refractivity contribution in [1.82, 2.24) is 0 Å². The fourth-order valence-corrected chi connectivity index (χ4v) is 1.71. The second-order valence-corrected chi connectivity index (χ2v) is 4.19. The lowest BCUT2D eigenvalue weighted by Crippen LogP contribution is -2.12. The highest BCUT2D eigenvalue weighted by molar-refractivity contribution is 6.04. The van der Waals surface area contributed by atoms with Crippen molar-refractivity contribution >= 4 is 23.4 Å². The van der Waals surface area contributed by atoms with Gasteiger partial charge in [0, 0.05) is 16.9 Å². The standard InChI is InChI=1S/C15H14N2O4/c1-21-13-8-2-10(3-9-13)14(18)16-11-4-6-12(7-5-11)17-15(19)20/h2-9,17H,1H3,(H,16,18)(H,19,20). The van der Waals surface area contributed by atoms with E-state index in [9.17, 15) is 9.59 Å². The normalized spacial score (nSPS) is 9.76. The van der Waals surface area contributed by atoms with Crippen molar-refractivity contribution in [3.05, 3.63) is 54.1 Å². The molecular formula is C15H14N2O4. The number of hydrogen-bond donors (Lipinski definition) is 3. The van der Waals surface area contributed by atoms with Crippen LogP contribution in [0.25, 0.3) is 0 Å². The minimum absolute atomic E-state index is 0.253. The smallest absolute Gasteiger partial charge is 0.409 e. The fraction of sp³-hybridized carbons (Fsp3) is 0.0667. The van der Waals surface area contributed by atoms with Crippen molar-refractivity contribution < 1.29 is 19.4 Å². The van der Waals surface area contributed by atoms with Gasteiger partial charge < -0.3 is 15.2 Å². The summed E-state index contributed by atoms with van der Waals surface area (Å²) in [5.74, 6) is 0.423. The Morgan fingerprint density at radius 1 is 0.905 bits per heavy atom. The molecule has 108 valence electrons. The van der Waals surface area contributed by atoms with Gasteiger partial charge in [-0.1, -0.05) is 0 Å².